The molecule has 1 heterocycles. The van der Waals surface area contributed by atoms with E-state index in [4.69, 9.17) is 4.74 Å². The first kappa shape index (κ1) is 14.1. The Morgan fingerprint density at radius 2 is 2.05 bits per heavy atom. The average molecular weight is 386 g/mol. The van der Waals surface area contributed by atoms with Gasteiger partial charge in [-0.2, -0.15) is 0 Å². The summed E-state index contributed by atoms with van der Waals surface area (Å²) >= 11 is 6.73. The molecule has 0 saturated heterocycles. The van der Waals surface area contributed by atoms with Crippen molar-refractivity contribution < 1.29 is 9.53 Å². The van der Waals surface area contributed by atoms with Crippen LogP contribution < -0.4 is 4.74 Å². The molecular weight excluding hydrogens is 376 g/mol. The van der Waals surface area contributed by atoms with E-state index < -0.39 is 0 Å². The Hall–Kier alpha value is -1.27. The first-order chi connectivity index (χ1) is 9.10. The predicted octanol–water partition coefficient (Wildman–Crippen LogP) is 3.44. The number of nitrogens with zero attached hydrogens (tertiary/aromatic N) is 2. The van der Waals surface area contributed by atoms with Gasteiger partial charge in [0.25, 0.3) is 0 Å². The standard InChI is InChI=1S/C13H10Br2N2O2/c1-19-13-6-9(16-7-17-13)5-12(18)10-4-8(14)2-3-11(10)15/h2-4,6-7H,5H2,1H3. The van der Waals surface area contributed by atoms with Crippen LogP contribution in [0.4, 0.5) is 0 Å². The number of carbonyl (C=O) groups is 1. The van der Waals surface area contributed by atoms with Gasteiger partial charge in [-0.3, -0.25) is 4.79 Å². The van der Waals surface area contributed by atoms with Crippen molar-refractivity contribution in [3.8, 4) is 5.88 Å². The third kappa shape index (κ3) is 3.61. The van der Waals surface area contributed by atoms with Crippen molar-refractivity contribution in [3.63, 3.8) is 0 Å². The summed E-state index contributed by atoms with van der Waals surface area (Å²) in [6.07, 6.45) is 1.59. The molecule has 1 aromatic heterocycles. The van der Waals surface area contributed by atoms with Gasteiger partial charge >= 0.3 is 0 Å². The van der Waals surface area contributed by atoms with Crippen LogP contribution in [0.25, 0.3) is 0 Å². The maximum atomic E-state index is 12.2. The fraction of sp³-hybridized carbons (Fsp3) is 0.154. The molecule has 0 N–H and O–H groups in total. The van der Waals surface area contributed by atoms with Crippen molar-refractivity contribution in [2.75, 3.05) is 7.11 Å². The third-order valence-electron chi connectivity index (χ3n) is 2.48. The summed E-state index contributed by atoms with van der Waals surface area (Å²) in [7, 11) is 1.53. The summed E-state index contributed by atoms with van der Waals surface area (Å²) in [5.74, 6) is 0.431. The minimum Gasteiger partial charge on any atom is -0.481 e. The van der Waals surface area contributed by atoms with E-state index in [-0.39, 0.29) is 12.2 Å². The summed E-state index contributed by atoms with van der Waals surface area (Å²) in [5.41, 5.74) is 1.25. The Kier molecular flexibility index (Phi) is 4.66. The molecule has 2 rings (SSSR count). The molecule has 4 nitrogen and oxygen atoms in total. The Balaban J connectivity index is 2.23. The number of rotatable bonds is 4. The van der Waals surface area contributed by atoms with Gasteiger partial charge in [0.2, 0.25) is 5.88 Å². The lowest BCUT2D eigenvalue weighted by Crippen LogP contribution is -2.06. The van der Waals surface area contributed by atoms with Gasteiger partial charge < -0.3 is 4.74 Å². The van der Waals surface area contributed by atoms with Gasteiger partial charge in [-0.15, -0.1) is 0 Å². The smallest absolute Gasteiger partial charge is 0.216 e. The van der Waals surface area contributed by atoms with E-state index in [9.17, 15) is 4.79 Å². The molecule has 0 bridgehead atoms. The lowest BCUT2D eigenvalue weighted by molar-refractivity contribution is 0.0991. The fourth-order valence-corrected chi connectivity index (χ4v) is 2.39. The number of halogens is 2. The second-order valence-corrected chi connectivity index (χ2v) is 5.55. The van der Waals surface area contributed by atoms with Crippen molar-refractivity contribution in [2.45, 2.75) is 6.42 Å². The zero-order valence-electron chi connectivity index (χ0n) is 10.1. The number of aromatic nitrogens is 2. The third-order valence-corrected chi connectivity index (χ3v) is 3.66. The molecule has 1 aromatic carbocycles. The summed E-state index contributed by atoms with van der Waals surface area (Å²) in [6.45, 7) is 0. The van der Waals surface area contributed by atoms with Crippen LogP contribution in [0.2, 0.25) is 0 Å². The molecule has 0 unspecified atom stereocenters. The lowest BCUT2D eigenvalue weighted by atomic mass is 10.1. The van der Waals surface area contributed by atoms with Gasteiger partial charge in [-0.1, -0.05) is 31.9 Å². The van der Waals surface area contributed by atoms with Crippen LogP contribution in [-0.2, 0) is 6.42 Å². The summed E-state index contributed by atoms with van der Waals surface area (Å²) in [4.78, 5) is 20.2. The summed E-state index contributed by atoms with van der Waals surface area (Å²) in [5, 5.41) is 0. The Morgan fingerprint density at radius 1 is 1.26 bits per heavy atom. The van der Waals surface area contributed by atoms with E-state index in [1.165, 1.54) is 13.4 Å². The van der Waals surface area contributed by atoms with E-state index >= 15 is 0 Å². The number of Topliss-reactive ketones (excluding diaryl/α,β-unsaturated/α-hetero) is 1. The van der Waals surface area contributed by atoms with Gasteiger partial charge in [-0.25, -0.2) is 9.97 Å². The Labute approximate surface area is 127 Å². The van der Waals surface area contributed by atoms with Crippen molar-refractivity contribution in [1.29, 1.82) is 0 Å². The number of benzene rings is 1. The predicted molar refractivity (Wildman–Crippen MR) is 78.5 cm³/mol. The van der Waals surface area contributed by atoms with Gasteiger partial charge in [0.15, 0.2) is 5.78 Å². The molecule has 0 aliphatic heterocycles. The normalized spacial score (nSPS) is 10.3. The van der Waals surface area contributed by atoms with Crippen LogP contribution in [0.1, 0.15) is 16.1 Å². The van der Waals surface area contributed by atoms with Crippen LogP contribution in [0.5, 0.6) is 5.88 Å². The van der Waals surface area contributed by atoms with E-state index in [1.807, 2.05) is 12.1 Å². The van der Waals surface area contributed by atoms with E-state index in [1.54, 1.807) is 12.1 Å². The van der Waals surface area contributed by atoms with Crippen molar-refractivity contribution >= 4 is 37.6 Å². The maximum absolute atomic E-state index is 12.2. The minimum absolute atomic E-state index is 0.0195. The van der Waals surface area contributed by atoms with Crippen molar-refractivity contribution in [2.24, 2.45) is 0 Å². The number of ether oxygens (including phenoxy) is 1. The molecule has 0 fully saturated rings. The van der Waals surface area contributed by atoms with E-state index in [0.717, 1.165) is 8.95 Å². The van der Waals surface area contributed by atoms with Crippen LogP contribution in [-0.4, -0.2) is 22.9 Å². The highest BCUT2D eigenvalue weighted by Gasteiger charge is 2.12. The first-order valence-corrected chi connectivity index (χ1v) is 7.02. The van der Waals surface area contributed by atoms with Crippen molar-refractivity contribution in [3.05, 3.63) is 50.8 Å². The minimum atomic E-state index is -0.0195. The second-order valence-electron chi connectivity index (χ2n) is 3.78. The molecule has 0 aliphatic rings. The molecule has 0 spiro atoms. The molecule has 0 saturated carbocycles. The average Bonchev–Trinajstić information content (AvgIpc) is 2.41. The quantitative estimate of drug-likeness (QED) is 0.756. The second kappa shape index (κ2) is 6.25. The number of hydrogen-bond donors (Lipinski definition) is 0. The Bertz CT molecular complexity index is 617. The zero-order chi connectivity index (χ0) is 13.8. The van der Waals surface area contributed by atoms with Crippen LogP contribution in [0.15, 0.2) is 39.5 Å². The molecule has 2 aromatic rings. The summed E-state index contributed by atoms with van der Waals surface area (Å²) < 4.78 is 6.63. The molecule has 0 atom stereocenters. The van der Waals surface area contributed by atoms with Crippen molar-refractivity contribution in [1.82, 2.24) is 9.97 Å². The zero-order valence-corrected chi connectivity index (χ0v) is 13.2. The van der Waals surface area contributed by atoms with Gasteiger partial charge in [-0.05, 0) is 18.2 Å². The SMILES string of the molecule is COc1cc(CC(=O)c2cc(Br)ccc2Br)ncn1. The molecule has 0 aliphatic carbocycles. The monoisotopic (exact) mass is 384 g/mol. The van der Waals surface area contributed by atoms with E-state index in [0.29, 0.717) is 17.1 Å². The molecule has 0 radical (unpaired) electrons. The van der Waals surface area contributed by atoms with Crippen LogP contribution >= 0.6 is 31.9 Å². The number of carbonyl (C=O) groups excluding carboxylic acids is 1. The van der Waals surface area contributed by atoms with Crippen LogP contribution in [0, 0.1) is 0 Å². The molecule has 6 heteroatoms. The molecular formula is C13H10Br2N2O2. The maximum Gasteiger partial charge on any atom is 0.216 e. The lowest BCUT2D eigenvalue weighted by Gasteiger charge is -2.05. The molecule has 0 amide bonds. The Morgan fingerprint density at radius 3 is 2.79 bits per heavy atom. The van der Waals surface area contributed by atoms with Gasteiger partial charge in [0.1, 0.15) is 6.33 Å². The number of ketones is 1. The molecule has 98 valence electrons. The highest BCUT2D eigenvalue weighted by atomic mass is 79.9. The van der Waals surface area contributed by atoms with Gasteiger partial charge in [0, 0.05) is 20.6 Å². The topological polar surface area (TPSA) is 52.1 Å². The highest BCUT2D eigenvalue weighted by Crippen LogP contribution is 2.23. The summed E-state index contributed by atoms with van der Waals surface area (Å²) in [6, 6.07) is 7.14. The molecule has 19 heavy (non-hydrogen) atoms. The van der Waals surface area contributed by atoms with Crippen LogP contribution in [0.3, 0.4) is 0 Å². The fourth-order valence-electron chi connectivity index (χ4n) is 1.56. The first-order valence-electron chi connectivity index (χ1n) is 5.43. The number of hydrogen-bond acceptors (Lipinski definition) is 4. The largest absolute Gasteiger partial charge is 0.481 e. The highest BCUT2D eigenvalue weighted by molar-refractivity contribution is 9.11. The van der Waals surface area contributed by atoms with E-state index in [2.05, 4.69) is 41.8 Å². The number of methoxy groups -OCH3 is 1. The van der Waals surface area contributed by atoms with Gasteiger partial charge in [0.05, 0.1) is 19.2 Å².